The fraction of sp³-hybridized carbons (Fsp3) is 0.462. The van der Waals surface area contributed by atoms with Crippen molar-refractivity contribution in [1.82, 2.24) is 0 Å². The molecule has 0 atom stereocenters. The predicted octanol–water partition coefficient (Wildman–Crippen LogP) is 3.93. The number of carbonyl (C=O) groups is 1. The Morgan fingerprint density at radius 3 is 2.31 bits per heavy atom. The first-order valence-corrected chi connectivity index (χ1v) is 6.30. The first-order chi connectivity index (χ1) is 7.38. The van der Waals surface area contributed by atoms with E-state index in [-0.39, 0.29) is 16.3 Å². The van der Waals surface area contributed by atoms with Crippen LogP contribution < -0.4 is 0 Å². The molecular weight excluding hydrogens is 223 g/mol. The molecule has 0 saturated heterocycles. The number of carbonyl (C=O) groups excluding carboxylic acids is 1. The monoisotopic (exact) mass is 240 g/mol. The van der Waals surface area contributed by atoms with Crippen LogP contribution in [0.25, 0.3) is 0 Å². The second kappa shape index (κ2) is 5.48. The molecule has 0 saturated carbocycles. The molecule has 0 aromatic heterocycles. The van der Waals surface area contributed by atoms with E-state index in [2.05, 4.69) is 20.8 Å². The predicted molar refractivity (Wildman–Crippen MR) is 67.6 cm³/mol. The summed E-state index contributed by atoms with van der Waals surface area (Å²) in [5.41, 5.74) is 0.593. The van der Waals surface area contributed by atoms with Gasteiger partial charge in [-0.1, -0.05) is 20.8 Å². The average molecular weight is 240 g/mol. The van der Waals surface area contributed by atoms with Crippen LogP contribution in [0, 0.1) is 5.82 Å². The summed E-state index contributed by atoms with van der Waals surface area (Å²) in [5, 5.41) is 0. The Kier molecular flexibility index (Phi) is 4.54. The van der Waals surface area contributed by atoms with Gasteiger partial charge in [-0.25, -0.2) is 4.39 Å². The SMILES string of the molecule is CC(C)(C)SCCC(=O)c1ccc(F)cc1. The van der Waals surface area contributed by atoms with Crippen LogP contribution in [0.4, 0.5) is 4.39 Å². The van der Waals surface area contributed by atoms with E-state index in [4.69, 9.17) is 0 Å². The van der Waals surface area contributed by atoms with E-state index in [1.165, 1.54) is 12.1 Å². The van der Waals surface area contributed by atoms with E-state index in [9.17, 15) is 9.18 Å². The van der Waals surface area contributed by atoms with E-state index in [0.717, 1.165) is 5.75 Å². The van der Waals surface area contributed by atoms with E-state index in [1.807, 2.05) is 0 Å². The highest BCUT2D eigenvalue weighted by Gasteiger charge is 2.12. The fourth-order valence-corrected chi connectivity index (χ4v) is 2.13. The minimum Gasteiger partial charge on any atom is -0.294 e. The molecule has 1 aromatic rings. The Labute approximate surface area is 100 Å². The number of hydrogen-bond acceptors (Lipinski definition) is 2. The number of Topliss-reactive ketones (excluding diaryl/α,β-unsaturated/α-hetero) is 1. The largest absolute Gasteiger partial charge is 0.294 e. The summed E-state index contributed by atoms with van der Waals surface area (Å²) in [6, 6.07) is 5.73. The highest BCUT2D eigenvalue weighted by atomic mass is 32.2. The van der Waals surface area contributed by atoms with Crippen molar-refractivity contribution in [2.24, 2.45) is 0 Å². The number of ketones is 1. The van der Waals surface area contributed by atoms with E-state index >= 15 is 0 Å². The van der Waals surface area contributed by atoms with Crippen LogP contribution in [0.1, 0.15) is 37.6 Å². The second-order valence-electron chi connectivity index (χ2n) is 4.64. The minimum atomic E-state index is -0.305. The van der Waals surface area contributed by atoms with Crippen molar-refractivity contribution in [3.05, 3.63) is 35.6 Å². The third-order valence-electron chi connectivity index (χ3n) is 2.03. The van der Waals surface area contributed by atoms with Crippen molar-refractivity contribution in [3.8, 4) is 0 Å². The highest BCUT2D eigenvalue weighted by molar-refractivity contribution is 8.00. The Morgan fingerprint density at radius 2 is 1.81 bits per heavy atom. The van der Waals surface area contributed by atoms with Gasteiger partial charge in [-0.15, -0.1) is 0 Å². The van der Waals surface area contributed by atoms with Crippen LogP contribution in [-0.2, 0) is 0 Å². The molecule has 1 rings (SSSR count). The average Bonchev–Trinajstić information content (AvgIpc) is 2.16. The van der Waals surface area contributed by atoms with Crippen molar-refractivity contribution in [2.45, 2.75) is 31.9 Å². The summed E-state index contributed by atoms with van der Waals surface area (Å²) < 4.78 is 12.8. The number of rotatable bonds is 4. The molecule has 0 aliphatic heterocycles. The number of halogens is 1. The van der Waals surface area contributed by atoms with E-state index < -0.39 is 0 Å². The maximum Gasteiger partial charge on any atom is 0.163 e. The van der Waals surface area contributed by atoms with Crippen LogP contribution in [0.5, 0.6) is 0 Å². The van der Waals surface area contributed by atoms with Crippen LogP contribution in [0.15, 0.2) is 24.3 Å². The number of benzene rings is 1. The zero-order valence-corrected chi connectivity index (χ0v) is 10.7. The van der Waals surface area contributed by atoms with Crippen molar-refractivity contribution in [2.75, 3.05) is 5.75 Å². The van der Waals surface area contributed by atoms with Crippen LogP contribution in [-0.4, -0.2) is 16.3 Å². The fourth-order valence-electron chi connectivity index (χ4n) is 1.23. The lowest BCUT2D eigenvalue weighted by Gasteiger charge is -2.16. The zero-order valence-electron chi connectivity index (χ0n) is 9.92. The molecule has 88 valence electrons. The second-order valence-corrected chi connectivity index (χ2v) is 6.56. The quantitative estimate of drug-likeness (QED) is 0.742. The van der Waals surface area contributed by atoms with Gasteiger partial charge in [0.25, 0.3) is 0 Å². The molecule has 0 heterocycles. The summed E-state index contributed by atoms with van der Waals surface area (Å²) in [4.78, 5) is 11.7. The minimum absolute atomic E-state index is 0.0803. The molecule has 0 aliphatic carbocycles. The van der Waals surface area contributed by atoms with Gasteiger partial charge in [0, 0.05) is 22.5 Å². The standard InChI is InChI=1S/C13H17FOS/c1-13(2,3)16-9-8-12(15)10-4-6-11(14)7-5-10/h4-7H,8-9H2,1-3H3. The summed E-state index contributed by atoms with van der Waals surface area (Å²) in [7, 11) is 0. The summed E-state index contributed by atoms with van der Waals surface area (Å²) in [6.07, 6.45) is 0.508. The molecule has 0 fully saturated rings. The molecule has 1 aromatic carbocycles. The van der Waals surface area contributed by atoms with E-state index in [1.54, 1.807) is 23.9 Å². The van der Waals surface area contributed by atoms with Gasteiger partial charge < -0.3 is 0 Å². The molecule has 16 heavy (non-hydrogen) atoms. The first-order valence-electron chi connectivity index (χ1n) is 5.31. The van der Waals surface area contributed by atoms with Gasteiger partial charge in [0.05, 0.1) is 0 Å². The Hall–Kier alpha value is -0.830. The van der Waals surface area contributed by atoms with Crippen LogP contribution >= 0.6 is 11.8 Å². The van der Waals surface area contributed by atoms with Crippen molar-refractivity contribution in [3.63, 3.8) is 0 Å². The molecule has 0 amide bonds. The lowest BCUT2D eigenvalue weighted by atomic mass is 10.1. The Bertz CT molecular complexity index is 351. The summed E-state index contributed by atoms with van der Waals surface area (Å²) in [6.45, 7) is 6.38. The smallest absolute Gasteiger partial charge is 0.163 e. The maximum absolute atomic E-state index is 12.6. The zero-order chi connectivity index (χ0) is 12.2. The van der Waals surface area contributed by atoms with Crippen molar-refractivity contribution < 1.29 is 9.18 Å². The molecular formula is C13H17FOS. The van der Waals surface area contributed by atoms with E-state index in [0.29, 0.717) is 12.0 Å². The molecule has 0 N–H and O–H groups in total. The van der Waals surface area contributed by atoms with Gasteiger partial charge in [0.1, 0.15) is 5.82 Å². The topological polar surface area (TPSA) is 17.1 Å². The normalized spacial score (nSPS) is 11.5. The lowest BCUT2D eigenvalue weighted by molar-refractivity contribution is 0.0989. The summed E-state index contributed by atoms with van der Waals surface area (Å²) in [5.74, 6) is 0.581. The van der Waals surface area contributed by atoms with Crippen LogP contribution in [0.3, 0.4) is 0 Å². The maximum atomic E-state index is 12.6. The summed E-state index contributed by atoms with van der Waals surface area (Å²) >= 11 is 1.76. The lowest BCUT2D eigenvalue weighted by Crippen LogP contribution is -2.10. The van der Waals surface area contributed by atoms with Crippen molar-refractivity contribution >= 4 is 17.5 Å². The van der Waals surface area contributed by atoms with Gasteiger partial charge in [-0.05, 0) is 24.3 Å². The van der Waals surface area contributed by atoms with Gasteiger partial charge in [-0.3, -0.25) is 4.79 Å². The first kappa shape index (κ1) is 13.2. The van der Waals surface area contributed by atoms with Gasteiger partial charge in [0.15, 0.2) is 5.78 Å². The van der Waals surface area contributed by atoms with Gasteiger partial charge in [-0.2, -0.15) is 11.8 Å². The molecule has 0 radical (unpaired) electrons. The number of thioether (sulfide) groups is 1. The van der Waals surface area contributed by atoms with Gasteiger partial charge in [0.2, 0.25) is 0 Å². The third kappa shape index (κ3) is 4.79. The number of hydrogen-bond donors (Lipinski definition) is 0. The highest BCUT2D eigenvalue weighted by Crippen LogP contribution is 2.24. The van der Waals surface area contributed by atoms with Gasteiger partial charge >= 0.3 is 0 Å². The van der Waals surface area contributed by atoms with Crippen molar-refractivity contribution in [1.29, 1.82) is 0 Å². The molecule has 0 aliphatic rings. The Balaban J connectivity index is 2.44. The molecule has 3 heteroatoms. The Morgan fingerprint density at radius 1 is 1.25 bits per heavy atom. The third-order valence-corrected chi connectivity index (χ3v) is 3.30. The molecule has 0 unspecified atom stereocenters. The van der Waals surface area contributed by atoms with Crippen LogP contribution in [0.2, 0.25) is 0 Å². The molecule has 0 spiro atoms. The molecule has 0 bridgehead atoms. The molecule has 1 nitrogen and oxygen atoms in total.